The molecule has 744 valence electrons. The molecule has 8 aromatic heterocycles. The van der Waals surface area contributed by atoms with Gasteiger partial charge in [0.25, 0.3) is 23.6 Å². The number of unbranched alkanes of at least 4 members (excludes halogenated alkanes) is 13. The SMILES string of the molecule is CCCCCCCCCCCCCCCCOCCC(=O)OCC1OC(n2cc(C(N)=O)c3c(N)nc(C)nc32)C(O)C1O.Cc1nc(N)c2c(C(N)=O)cn(C3OC(COC(=O)[C@@H](N)C(C)C)C(O)C3O)c2n1.Cc1nc(N)c2c(C(N)=O)cn(C3OC(COC(=O)[C@@H](N)Cc4ccccc4)C(O)C3O)c2n1.Cc1nc(N)c2c(C(N)=O)cn(C3OC(COC(=O)[C@H](C)N)C(O)C3O)c2n1. The minimum absolute atomic E-state index is 0.0413. The largest absolute Gasteiger partial charge is 0.463 e. The Morgan fingerprint density at radius 3 is 0.963 bits per heavy atom. The first-order chi connectivity index (χ1) is 64.5. The number of aliphatic hydroxyl groups excluding tert-OH is 8. The van der Waals surface area contributed by atoms with Crippen molar-refractivity contribution in [1.82, 2.24) is 58.1 Å². The fourth-order valence-electron chi connectivity index (χ4n) is 16.0. The molecule has 48 nitrogen and oxygen atoms in total. The molecular formula is C88H127N23O25. The van der Waals surface area contributed by atoms with Crippen LogP contribution in [0, 0.1) is 33.6 Å². The molecule has 4 aliphatic heterocycles. The van der Waals surface area contributed by atoms with Crippen molar-refractivity contribution in [3.63, 3.8) is 0 Å². The van der Waals surface area contributed by atoms with E-state index in [-0.39, 0.29) is 141 Å². The second-order valence-corrected chi connectivity index (χ2v) is 34.2. The number of benzene rings is 1. The molecule has 12 heterocycles. The van der Waals surface area contributed by atoms with Gasteiger partial charge in [0.1, 0.15) is 187 Å². The van der Waals surface area contributed by atoms with E-state index in [0.717, 1.165) is 18.4 Å². The van der Waals surface area contributed by atoms with Crippen molar-refractivity contribution in [2.45, 2.75) is 274 Å². The number of aryl methyl sites for hydroxylation is 4. The zero-order chi connectivity index (χ0) is 99.5. The van der Waals surface area contributed by atoms with E-state index in [1.807, 2.05) is 30.3 Å². The third-order valence-corrected chi connectivity index (χ3v) is 23.4. The minimum Gasteiger partial charge on any atom is -0.463 e. The monoisotopic (exact) mass is 1910 g/mol. The Bertz CT molecular complexity index is 5640. The first kappa shape index (κ1) is 106. The van der Waals surface area contributed by atoms with Crippen molar-refractivity contribution in [3.05, 3.63) is 106 Å². The van der Waals surface area contributed by atoms with Crippen molar-refractivity contribution < 1.29 is 122 Å². The molecule has 0 radical (unpaired) electrons. The number of ether oxygens (including phenoxy) is 9. The molecule has 4 fully saturated rings. The standard InChI is InChI=1S/C32H53N5O7.C22H26N6O6.C18H26N6O6.C16H22N6O6/c1-3-4-5-6-7-8-9-10-11-12-13-14-15-16-18-42-19-17-25(38)43-21-24-27(39)28(40)32(44-24)37-20-23(30(34)41)26-29(33)35-22(2)36-31(26)37;1-10-26-18(24)15-12(19(25)31)8-28(20(15)27-10)21-17(30)16(29)14(34-21)9-33-22(32)13(23)7-11-5-3-2-4-6-11;1-6(2)11(19)18(28)29-5-9-12(25)13(26)17(30-9)24-4-8(15(21)27)10-14(20)22-7(3)23-16(10)24;1-5(17)16(26)27-4-8-10(23)11(24)15(28-8)22-3-7(13(19)25)9-12(18)20-6(2)21-14(9)22/h20,24,27-28,32,39-40H,3-19,21H2,1-2H3,(H2,34,41)(H2,33,35,36);2-6,8,13-14,16-17,21,29-30H,7,9,23H2,1H3,(H2,25,31)(H2,24,26,27);4,6,9,11-13,17,25-26H,5,19H2,1-3H3,(H2,21,27)(H2,20,22,23);3,5,8,10-11,15,23-24H,4,17H2,1-2H3,(H2,19,25)(H2,18,20,21)/t;13-,14?,16?,17?,21?;9?,11-,12?,13?,17?;5-,8?,10?,11?,15?/m.000/s1. The lowest BCUT2D eigenvalue weighted by Gasteiger charge is -2.18. The Balaban J connectivity index is 0.000000190. The predicted molar refractivity (Wildman–Crippen MR) is 489 cm³/mol. The number of amides is 4. The van der Waals surface area contributed by atoms with Crippen LogP contribution in [0.2, 0.25) is 0 Å². The third kappa shape index (κ3) is 25.8. The third-order valence-electron chi connectivity index (χ3n) is 23.4. The van der Waals surface area contributed by atoms with Gasteiger partial charge in [-0.05, 0) is 58.9 Å². The zero-order valence-corrected chi connectivity index (χ0v) is 77.0. The summed E-state index contributed by atoms with van der Waals surface area (Å²) in [5.41, 5.74) is 64.7. The maximum absolute atomic E-state index is 12.3. The summed E-state index contributed by atoms with van der Waals surface area (Å²) in [6.45, 7) is 13.3. The molecule has 136 heavy (non-hydrogen) atoms. The molecule has 0 aliphatic carbocycles. The summed E-state index contributed by atoms with van der Waals surface area (Å²) in [4.78, 5) is 129. The van der Waals surface area contributed by atoms with Crippen LogP contribution in [0.1, 0.15) is 219 Å². The Kier molecular flexibility index (Phi) is 37.6. The van der Waals surface area contributed by atoms with Crippen molar-refractivity contribution in [3.8, 4) is 0 Å². The molecule has 1 aromatic carbocycles. The molecule has 19 atom stereocenters. The fraction of sp³-hybridized carbons (Fsp3) is 0.568. The summed E-state index contributed by atoms with van der Waals surface area (Å²) in [5.74, 6) is -4.13. The lowest BCUT2D eigenvalue weighted by atomic mass is 10.0. The first-order valence-electron chi connectivity index (χ1n) is 44.9. The predicted octanol–water partition coefficient (Wildman–Crippen LogP) is 0.121. The van der Waals surface area contributed by atoms with Gasteiger partial charge in [-0.25, -0.2) is 39.9 Å². The van der Waals surface area contributed by atoms with E-state index in [4.69, 9.17) is 106 Å². The number of primary amides is 4. The van der Waals surface area contributed by atoms with Gasteiger partial charge < -0.3 is 165 Å². The van der Waals surface area contributed by atoms with E-state index >= 15 is 0 Å². The maximum Gasteiger partial charge on any atom is 0.323 e. The van der Waals surface area contributed by atoms with Crippen LogP contribution in [0.15, 0.2) is 55.1 Å². The number of hydrogen-bond donors (Lipinski definition) is 19. The normalized spacial score (nSPS) is 23.1. The Morgan fingerprint density at radius 2 is 0.669 bits per heavy atom. The molecule has 13 rings (SSSR count). The van der Waals surface area contributed by atoms with Crippen molar-refractivity contribution in [2.75, 3.05) is 62.6 Å². The molecule has 30 N–H and O–H groups in total. The molecule has 16 unspecified atom stereocenters. The summed E-state index contributed by atoms with van der Waals surface area (Å²) >= 11 is 0. The highest BCUT2D eigenvalue weighted by atomic mass is 16.6. The highest BCUT2D eigenvalue weighted by Crippen LogP contribution is 2.41. The van der Waals surface area contributed by atoms with Crippen molar-refractivity contribution >= 4 is 115 Å². The molecular weight excluding hydrogens is 1780 g/mol. The fourth-order valence-corrected chi connectivity index (χ4v) is 16.0. The molecule has 48 heteroatoms. The number of hydrogen-bond acceptors (Lipinski definition) is 40. The summed E-state index contributed by atoms with van der Waals surface area (Å²) in [5, 5.41) is 85.0. The Morgan fingerprint density at radius 1 is 0.382 bits per heavy atom. The highest BCUT2D eigenvalue weighted by Gasteiger charge is 2.50. The van der Waals surface area contributed by atoms with E-state index < -0.39 is 164 Å². The molecule has 0 saturated carbocycles. The van der Waals surface area contributed by atoms with Gasteiger partial charge >= 0.3 is 23.9 Å². The van der Waals surface area contributed by atoms with Gasteiger partial charge in [0.15, 0.2) is 24.9 Å². The number of carbonyl (C=O) groups is 8. The van der Waals surface area contributed by atoms with E-state index in [2.05, 4.69) is 46.8 Å². The maximum atomic E-state index is 12.3. The topological polar surface area (TPSA) is 791 Å². The minimum atomic E-state index is -1.42. The number of nitrogens with two attached hydrogens (primary N) is 11. The number of rotatable bonds is 40. The summed E-state index contributed by atoms with van der Waals surface area (Å²) in [6, 6.07) is 6.66. The average Bonchev–Trinajstić information content (AvgIpc) is 1.61. The van der Waals surface area contributed by atoms with Crippen LogP contribution >= 0.6 is 0 Å². The number of aromatic nitrogens is 12. The Hall–Kier alpha value is -12.0. The first-order valence-corrected chi connectivity index (χ1v) is 44.9. The van der Waals surface area contributed by atoms with Crippen molar-refractivity contribution in [1.29, 1.82) is 0 Å². The molecule has 4 saturated heterocycles. The van der Waals surface area contributed by atoms with Crippen LogP contribution in [-0.4, -0.2) is 278 Å². The summed E-state index contributed by atoms with van der Waals surface area (Å²) < 4.78 is 54.7. The van der Waals surface area contributed by atoms with Crippen molar-refractivity contribution in [2.24, 2.45) is 46.1 Å². The molecule has 0 bridgehead atoms. The van der Waals surface area contributed by atoms with Gasteiger partial charge in [-0.1, -0.05) is 135 Å². The lowest BCUT2D eigenvalue weighted by Crippen LogP contribution is -2.40. The number of nitrogens with zero attached hydrogens (tertiary/aromatic N) is 12. The smallest absolute Gasteiger partial charge is 0.323 e. The number of nitrogen functional groups attached to an aromatic ring is 4. The van der Waals surface area contributed by atoms with Gasteiger partial charge in [-0.15, -0.1) is 0 Å². The summed E-state index contributed by atoms with van der Waals surface area (Å²) in [7, 11) is 0. The molecule has 4 amide bonds. The van der Waals surface area contributed by atoms with Crippen LogP contribution in [0.5, 0.6) is 0 Å². The lowest BCUT2D eigenvalue weighted by molar-refractivity contribution is -0.153. The zero-order valence-electron chi connectivity index (χ0n) is 77.0. The van der Waals surface area contributed by atoms with Crippen LogP contribution in [0.4, 0.5) is 23.3 Å². The second-order valence-electron chi connectivity index (χ2n) is 34.2. The Labute approximate surface area is 780 Å². The van der Waals surface area contributed by atoms with Gasteiger partial charge in [-0.2, -0.15) is 0 Å². The van der Waals surface area contributed by atoms with Gasteiger partial charge in [0.2, 0.25) is 0 Å². The average molecular weight is 1910 g/mol. The number of aliphatic hydroxyl groups is 8. The van der Waals surface area contributed by atoms with E-state index in [1.165, 1.54) is 127 Å². The number of carbonyl (C=O) groups excluding carboxylic acids is 8. The number of esters is 4. The van der Waals surface area contributed by atoms with Crippen LogP contribution < -0.4 is 63.1 Å². The van der Waals surface area contributed by atoms with Gasteiger partial charge in [-0.3, -0.25) is 38.4 Å². The van der Waals surface area contributed by atoms with E-state index in [0.29, 0.717) is 29.9 Å². The molecule has 4 aliphatic rings. The summed E-state index contributed by atoms with van der Waals surface area (Å²) in [6.07, 6.45) is 4.19. The van der Waals surface area contributed by atoms with Crippen LogP contribution in [-0.2, 0) is 68.2 Å². The van der Waals surface area contributed by atoms with Gasteiger partial charge in [0.05, 0.1) is 56.8 Å². The highest BCUT2D eigenvalue weighted by molar-refractivity contribution is 6.11. The van der Waals surface area contributed by atoms with E-state index in [9.17, 15) is 79.2 Å². The molecule has 9 aromatic rings. The van der Waals surface area contributed by atoms with Crippen LogP contribution in [0.25, 0.3) is 44.1 Å². The second kappa shape index (κ2) is 48.2. The van der Waals surface area contributed by atoms with Gasteiger partial charge in [0, 0.05) is 31.4 Å². The quantitative estimate of drug-likeness (QED) is 0.0138. The number of fused-ring (bicyclic) bond motifs is 4. The van der Waals surface area contributed by atoms with E-state index in [1.54, 1.807) is 41.5 Å². The number of anilines is 4. The van der Waals surface area contributed by atoms with Crippen LogP contribution in [0.3, 0.4) is 0 Å². The molecule has 0 spiro atoms.